The zero-order chi connectivity index (χ0) is 22.0. The third-order valence-electron chi connectivity index (χ3n) is 5.93. The number of fused-ring (bicyclic) bond motifs is 1. The molecule has 2 aromatic carbocycles. The highest BCUT2D eigenvalue weighted by Gasteiger charge is 2.34. The molecule has 0 radical (unpaired) electrons. The third-order valence-corrected chi connectivity index (χ3v) is 5.93. The van der Waals surface area contributed by atoms with Gasteiger partial charge in [0.25, 0.3) is 11.8 Å². The number of para-hydroxylation sites is 1. The average molecular weight is 424 g/mol. The number of likely N-dealkylation sites (tertiary alicyclic amines) is 1. The zero-order valence-electron chi connectivity index (χ0n) is 17.4. The predicted molar refractivity (Wildman–Crippen MR) is 113 cm³/mol. The van der Waals surface area contributed by atoms with E-state index < -0.39 is 23.8 Å². The van der Waals surface area contributed by atoms with Crippen LogP contribution in [0, 0.1) is 11.7 Å². The number of carbonyl (C=O) groups is 3. The highest BCUT2D eigenvalue weighted by molar-refractivity contribution is 5.99. The summed E-state index contributed by atoms with van der Waals surface area (Å²) in [6.07, 6.45) is 1.14. The fourth-order valence-electron chi connectivity index (χ4n) is 4.24. The molecule has 7 heteroatoms. The van der Waals surface area contributed by atoms with Gasteiger partial charge in [0.2, 0.25) is 0 Å². The van der Waals surface area contributed by atoms with Crippen molar-refractivity contribution in [2.45, 2.75) is 32.3 Å². The second-order valence-electron chi connectivity index (χ2n) is 8.04. The summed E-state index contributed by atoms with van der Waals surface area (Å²) in [7, 11) is 0. The molecule has 6 nitrogen and oxygen atoms in total. The predicted octanol–water partition coefficient (Wildman–Crippen LogP) is 3.20. The van der Waals surface area contributed by atoms with E-state index in [1.807, 2.05) is 24.3 Å². The molecule has 2 amide bonds. The van der Waals surface area contributed by atoms with E-state index in [0.29, 0.717) is 31.5 Å². The second kappa shape index (κ2) is 8.88. The lowest BCUT2D eigenvalue weighted by Crippen LogP contribution is -2.45. The molecule has 0 N–H and O–H groups in total. The minimum absolute atomic E-state index is 0.225. The molecule has 0 bridgehead atoms. The van der Waals surface area contributed by atoms with Crippen LogP contribution in [0.2, 0.25) is 0 Å². The summed E-state index contributed by atoms with van der Waals surface area (Å²) in [6.45, 7) is 2.91. The monoisotopic (exact) mass is 424 g/mol. The number of benzene rings is 2. The van der Waals surface area contributed by atoms with Gasteiger partial charge in [0, 0.05) is 30.9 Å². The van der Waals surface area contributed by atoms with Gasteiger partial charge in [0.15, 0.2) is 6.10 Å². The van der Waals surface area contributed by atoms with Crippen molar-refractivity contribution in [3.8, 4) is 0 Å². The van der Waals surface area contributed by atoms with E-state index in [1.165, 1.54) is 24.3 Å². The highest BCUT2D eigenvalue weighted by atomic mass is 19.1. The van der Waals surface area contributed by atoms with E-state index >= 15 is 0 Å². The number of amides is 2. The summed E-state index contributed by atoms with van der Waals surface area (Å²) >= 11 is 0. The first-order chi connectivity index (χ1) is 14.9. The van der Waals surface area contributed by atoms with Crippen LogP contribution in [-0.4, -0.2) is 48.4 Å². The fourth-order valence-corrected chi connectivity index (χ4v) is 4.24. The summed E-state index contributed by atoms with van der Waals surface area (Å²) in [5, 5.41) is 0. The van der Waals surface area contributed by atoms with Crippen molar-refractivity contribution in [3.05, 3.63) is 65.5 Å². The summed E-state index contributed by atoms with van der Waals surface area (Å²) in [6, 6.07) is 13.1. The van der Waals surface area contributed by atoms with Crippen molar-refractivity contribution in [1.82, 2.24) is 4.90 Å². The smallest absolute Gasteiger partial charge is 0.311 e. The molecule has 1 fully saturated rings. The van der Waals surface area contributed by atoms with Crippen molar-refractivity contribution in [2.24, 2.45) is 5.92 Å². The number of nitrogens with zero attached hydrogens (tertiary/aromatic N) is 2. The Morgan fingerprint density at radius 3 is 2.58 bits per heavy atom. The van der Waals surface area contributed by atoms with E-state index in [4.69, 9.17) is 4.74 Å². The van der Waals surface area contributed by atoms with Crippen molar-refractivity contribution in [2.75, 3.05) is 24.5 Å². The van der Waals surface area contributed by atoms with Gasteiger partial charge in [-0.3, -0.25) is 14.4 Å². The number of hydrogen-bond acceptors (Lipinski definition) is 4. The molecular weight excluding hydrogens is 399 g/mol. The molecule has 0 saturated carbocycles. The lowest BCUT2D eigenvalue weighted by atomic mass is 9.97. The standard InChI is InChI=1S/C24H25FN2O4/c1-16(22(28)27-14-12-17-5-2-3-7-21(17)27)31-24(30)19-6-4-13-26(15-19)23(29)18-8-10-20(25)11-9-18/h2-3,5,7-11,16,19H,4,6,12-15H2,1H3. The first-order valence-electron chi connectivity index (χ1n) is 10.6. The van der Waals surface area contributed by atoms with Gasteiger partial charge < -0.3 is 14.5 Å². The first kappa shape index (κ1) is 21.0. The van der Waals surface area contributed by atoms with Crippen LogP contribution in [0.3, 0.4) is 0 Å². The van der Waals surface area contributed by atoms with Crippen molar-refractivity contribution >= 4 is 23.5 Å². The Labute approximate surface area is 180 Å². The molecule has 4 rings (SSSR count). The number of carbonyl (C=O) groups excluding carboxylic acids is 3. The maximum Gasteiger partial charge on any atom is 0.311 e. The van der Waals surface area contributed by atoms with Crippen molar-refractivity contribution in [3.63, 3.8) is 0 Å². The molecular formula is C24H25FN2O4. The van der Waals surface area contributed by atoms with Crippen LogP contribution in [0.4, 0.5) is 10.1 Å². The maximum absolute atomic E-state index is 13.1. The number of ether oxygens (including phenoxy) is 1. The summed E-state index contributed by atoms with van der Waals surface area (Å²) in [4.78, 5) is 41.6. The molecule has 2 heterocycles. The molecule has 0 aromatic heterocycles. The summed E-state index contributed by atoms with van der Waals surface area (Å²) in [5.74, 6) is -1.84. The van der Waals surface area contributed by atoms with Gasteiger partial charge in [0.05, 0.1) is 5.92 Å². The lowest BCUT2D eigenvalue weighted by Gasteiger charge is -2.32. The van der Waals surface area contributed by atoms with E-state index in [2.05, 4.69) is 0 Å². The molecule has 2 aromatic rings. The topological polar surface area (TPSA) is 66.9 Å². The first-order valence-corrected chi connectivity index (χ1v) is 10.6. The second-order valence-corrected chi connectivity index (χ2v) is 8.04. The molecule has 0 spiro atoms. The van der Waals surface area contributed by atoms with Gasteiger partial charge in [-0.15, -0.1) is 0 Å². The molecule has 0 aliphatic carbocycles. The third kappa shape index (κ3) is 4.45. The van der Waals surface area contributed by atoms with Crippen LogP contribution >= 0.6 is 0 Å². The van der Waals surface area contributed by atoms with E-state index in [9.17, 15) is 18.8 Å². The van der Waals surface area contributed by atoms with Gasteiger partial charge in [0.1, 0.15) is 5.82 Å². The molecule has 31 heavy (non-hydrogen) atoms. The molecule has 2 aliphatic rings. The van der Waals surface area contributed by atoms with Crippen LogP contribution < -0.4 is 4.90 Å². The maximum atomic E-state index is 13.1. The van der Waals surface area contributed by atoms with Gasteiger partial charge in [-0.05, 0) is 62.1 Å². The SMILES string of the molecule is CC(OC(=O)C1CCCN(C(=O)c2ccc(F)cc2)C1)C(=O)N1CCc2ccccc21. The fraction of sp³-hybridized carbons (Fsp3) is 0.375. The molecule has 2 unspecified atom stereocenters. The number of halogens is 1. The Bertz CT molecular complexity index is 991. The Hall–Kier alpha value is -3.22. The van der Waals surface area contributed by atoms with Crippen LogP contribution in [0.15, 0.2) is 48.5 Å². The number of hydrogen-bond donors (Lipinski definition) is 0. The molecule has 162 valence electrons. The number of esters is 1. The van der Waals surface area contributed by atoms with Crippen molar-refractivity contribution in [1.29, 1.82) is 0 Å². The van der Waals surface area contributed by atoms with Crippen LogP contribution in [0.5, 0.6) is 0 Å². The lowest BCUT2D eigenvalue weighted by molar-refractivity contribution is -0.159. The largest absolute Gasteiger partial charge is 0.452 e. The Kier molecular flexibility index (Phi) is 6.02. The summed E-state index contributed by atoms with van der Waals surface area (Å²) < 4.78 is 18.6. The molecule has 2 aliphatic heterocycles. The Morgan fingerprint density at radius 2 is 1.81 bits per heavy atom. The number of anilines is 1. The number of rotatable bonds is 4. The van der Waals surface area contributed by atoms with Gasteiger partial charge >= 0.3 is 5.97 Å². The van der Waals surface area contributed by atoms with Gasteiger partial charge in [-0.25, -0.2) is 4.39 Å². The Balaban J connectivity index is 1.36. The van der Waals surface area contributed by atoms with E-state index in [1.54, 1.807) is 16.7 Å². The average Bonchev–Trinajstić information content (AvgIpc) is 3.22. The normalized spacial score (nSPS) is 19.0. The van der Waals surface area contributed by atoms with E-state index in [-0.39, 0.29) is 18.4 Å². The van der Waals surface area contributed by atoms with Gasteiger partial charge in [-0.2, -0.15) is 0 Å². The number of piperidine rings is 1. The highest BCUT2D eigenvalue weighted by Crippen LogP contribution is 2.28. The summed E-state index contributed by atoms with van der Waals surface area (Å²) in [5.41, 5.74) is 2.35. The van der Waals surface area contributed by atoms with Crippen molar-refractivity contribution < 1.29 is 23.5 Å². The molecule has 1 saturated heterocycles. The zero-order valence-corrected chi connectivity index (χ0v) is 17.4. The quantitative estimate of drug-likeness (QED) is 0.707. The minimum atomic E-state index is -0.901. The molecule has 2 atom stereocenters. The van der Waals surface area contributed by atoms with E-state index in [0.717, 1.165) is 17.7 Å². The van der Waals surface area contributed by atoms with Crippen LogP contribution in [-0.2, 0) is 20.7 Å². The van der Waals surface area contributed by atoms with Gasteiger partial charge in [-0.1, -0.05) is 18.2 Å². The minimum Gasteiger partial charge on any atom is -0.452 e. The van der Waals surface area contributed by atoms with Crippen LogP contribution in [0.25, 0.3) is 0 Å². The Morgan fingerprint density at radius 1 is 1.06 bits per heavy atom. The van der Waals surface area contributed by atoms with Crippen LogP contribution in [0.1, 0.15) is 35.7 Å².